The van der Waals surface area contributed by atoms with E-state index in [1.807, 2.05) is 25.1 Å². The highest BCUT2D eigenvalue weighted by Gasteiger charge is 2.12. The van der Waals surface area contributed by atoms with E-state index >= 15 is 0 Å². The van der Waals surface area contributed by atoms with E-state index in [2.05, 4.69) is 47.1 Å². The van der Waals surface area contributed by atoms with Crippen molar-refractivity contribution in [3.63, 3.8) is 0 Å². The zero-order valence-electron chi connectivity index (χ0n) is 13.5. The fourth-order valence-electron chi connectivity index (χ4n) is 2.13. The zero-order valence-corrected chi connectivity index (χ0v) is 15.6. The van der Waals surface area contributed by atoms with Gasteiger partial charge >= 0.3 is 0 Å². The molecule has 0 spiro atoms. The van der Waals surface area contributed by atoms with E-state index in [9.17, 15) is 9.59 Å². The molecular formula is C17H25IN2O2. The molecule has 1 rings (SSSR count). The number of amides is 2. The van der Waals surface area contributed by atoms with Crippen LogP contribution < -0.4 is 10.6 Å². The van der Waals surface area contributed by atoms with Crippen LogP contribution in [0.5, 0.6) is 0 Å². The van der Waals surface area contributed by atoms with Gasteiger partial charge in [0, 0.05) is 9.61 Å². The number of rotatable bonds is 8. The average Bonchev–Trinajstić information content (AvgIpc) is 2.44. The van der Waals surface area contributed by atoms with Crippen molar-refractivity contribution in [1.82, 2.24) is 10.6 Å². The molecule has 0 aliphatic rings. The predicted octanol–water partition coefficient (Wildman–Crippen LogP) is 3.35. The third kappa shape index (κ3) is 7.24. The summed E-state index contributed by atoms with van der Waals surface area (Å²) in [5, 5.41) is 5.58. The van der Waals surface area contributed by atoms with E-state index in [1.54, 1.807) is 6.07 Å². The predicted molar refractivity (Wildman–Crippen MR) is 97.8 cm³/mol. The summed E-state index contributed by atoms with van der Waals surface area (Å²) in [6.07, 6.45) is 3.24. The van der Waals surface area contributed by atoms with Gasteiger partial charge in [-0.25, -0.2) is 0 Å². The van der Waals surface area contributed by atoms with Crippen LogP contribution in [-0.4, -0.2) is 24.4 Å². The van der Waals surface area contributed by atoms with E-state index in [0.29, 0.717) is 11.5 Å². The summed E-state index contributed by atoms with van der Waals surface area (Å²) < 4.78 is 0.875. The first kappa shape index (κ1) is 18.9. The van der Waals surface area contributed by atoms with Gasteiger partial charge in [0.15, 0.2) is 0 Å². The summed E-state index contributed by atoms with van der Waals surface area (Å²) in [6.45, 7) is 6.41. The lowest BCUT2D eigenvalue weighted by Gasteiger charge is -2.15. The number of carbonyl (C=O) groups is 2. The van der Waals surface area contributed by atoms with Crippen LogP contribution >= 0.6 is 22.6 Å². The highest BCUT2D eigenvalue weighted by atomic mass is 127. The highest BCUT2D eigenvalue weighted by molar-refractivity contribution is 14.1. The van der Waals surface area contributed by atoms with Crippen molar-refractivity contribution in [2.75, 3.05) is 6.54 Å². The van der Waals surface area contributed by atoms with Crippen LogP contribution in [-0.2, 0) is 4.79 Å². The summed E-state index contributed by atoms with van der Waals surface area (Å²) in [4.78, 5) is 23.9. The van der Waals surface area contributed by atoms with Crippen molar-refractivity contribution in [1.29, 1.82) is 0 Å². The van der Waals surface area contributed by atoms with Crippen LogP contribution in [0.25, 0.3) is 0 Å². The molecule has 0 aromatic heterocycles. The quantitative estimate of drug-likeness (QED) is 0.639. The fraction of sp³-hybridized carbons (Fsp3) is 0.529. The standard InChI is InChI=1S/C17H25IN2O2/c1-12(2)7-6-8-13(3)20-16(21)11-19-17(22)14-9-4-5-10-15(14)18/h4-5,9-10,12-13H,6-8,11H2,1-3H3,(H,19,22)(H,20,21). The van der Waals surface area contributed by atoms with Crippen LogP contribution in [0.2, 0.25) is 0 Å². The van der Waals surface area contributed by atoms with Crippen molar-refractivity contribution in [2.45, 2.75) is 46.1 Å². The van der Waals surface area contributed by atoms with Gasteiger partial charge in [-0.1, -0.05) is 38.8 Å². The third-order valence-electron chi connectivity index (χ3n) is 3.35. The van der Waals surface area contributed by atoms with Gasteiger partial charge in [0.2, 0.25) is 5.91 Å². The molecule has 0 radical (unpaired) electrons. The Balaban J connectivity index is 2.31. The summed E-state index contributed by atoms with van der Waals surface area (Å²) in [5.74, 6) is 0.333. The van der Waals surface area contributed by atoms with Crippen LogP contribution in [0.1, 0.15) is 50.4 Å². The van der Waals surface area contributed by atoms with Crippen molar-refractivity contribution >= 4 is 34.4 Å². The van der Waals surface area contributed by atoms with Gasteiger partial charge in [-0.15, -0.1) is 0 Å². The van der Waals surface area contributed by atoms with Gasteiger partial charge in [0.1, 0.15) is 0 Å². The highest BCUT2D eigenvalue weighted by Crippen LogP contribution is 2.11. The van der Waals surface area contributed by atoms with Crippen molar-refractivity contribution in [2.24, 2.45) is 5.92 Å². The second-order valence-corrected chi connectivity index (χ2v) is 7.12. The minimum Gasteiger partial charge on any atom is -0.352 e. The first-order valence-electron chi connectivity index (χ1n) is 7.72. The lowest BCUT2D eigenvalue weighted by molar-refractivity contribution is -0.120. The Morgan fingerprint density at radius 2 is 1.82 bits per heavy atom. The normalized spacial score (nSPS) is 12.0. The van der Waals surface area contributed by atoms with E-state index in [-0.39, 0.29) is 24.4 Å². The van der Waals surface area contributed by atoms with Crippen LogP contribution in [0.3, 0.4) is 0 Å². The monoisotopic (exact) mass is 416 g/mol. The lowest BCUT2D eigenvalue weighted by atomic mass is 10.0. The molecule has 0 saturated carbocycles. The van der Waals surface area contributed by atoms with E-state index in [0.717, 1.165) is 16.4 Å². The molecule has 1 aromatic carbocycles. The maximum Gasteiger partial charge on any atom is 0.252 e. The van der Waals surface area contributed by atoms with E-state index in [1.165, 1.54) is 6.42 Å². The molecule has 2 N–H and O–H groups in total. The van der Waals surface area contributed by atoms with Crippen LogP contribution in [0.4, 0.5) is 0 Å². The molecule has 22 heavy (non-hydrogen) atoms. The van der Waals surface area contributed by atoms with E-state index in [4.69, 9.17) is 0 Å². The molecule has 0 heterocycles. The van der Waals surface area contributed by atoms with Crippen molar-refractivity contribution < 1.29 is 9.59 Å². The van der Waals surface area contributed by atoms with Crippen molar-refractivity contribution in [3.8, 4) is 0 Å². The van der Waals surface area contributed by atoms with Gasteiger partial charge in [-0.05, 0) is 54.0 Å². The van der Waals surface area contributed by atoms with Gasteiger partial charge in [-0.2, -0.15) is 0 Å². The Hall–Kier alpha value is -1.11. The number of hydrogen-bond acceptors (Lipinski definition) is 2. The number of nitrogens with one attached hydrogen (secondary N) is 2. The minimum atomic E-state index is -0.215. The smallest absolute Gasteiger partial charge is 0.252 e. The van der Waals surface area contributed by atoms with Gasteiger partial charge in [0.25, 0.3) is 5.91 Å². The van der Waals surface area contributed by atoms with Crippen LogP contribution in [0.15, 0.2) is 24.3 Å². The Labute approximate surface area is 146 Å². The second kappa shape index (κ2) is 9.82. The first-order valence-corrected chi connectivity index (χ1v) is 8.80. The third-order valence-corrected chi connectivity index (χ3v) is 4.29. The van der Waals surface area contributed by atoms with Gasteiger partial charge in [-0.3, -0.25) is 9.59 Å². The number of carbonyl (C=O) groups excluding carboxylic acids is 2. The number of benzene rings is 1. The largest absolute Gasteiger partial charge is 0.352 e. The maximum atomic E-state index is 12.0. The zero-order chi connectivity index (χ0) is 16.5. The molecule has 4 nitrogen and oxygen atoms in total. The maximum absolute atomic E-state index is 12.0. The molecule has 122 valence electrons. The van der Waals surface area contributed by atoms with Gasteiger partial charge < -0.3 is 10.6 Å². The fourth-order valence-corrected chi connectivity index (χ4v) is 2.76. The molecule has 5 heteroatoms. The first-order chi connectivity index (χ1) is 10.4. The van der Waals surface area contributed by atoms with Crippen LogP contribution in [0, 0.1) is 9.49 Å². The lowest BCUT2D eigenvalue weighted by Crippen LogP contribution is -2.41. The SMILES string of the molecule is CC(C)CCCC(C)NC(=O)CNC(=O)c1ccccc1I. The average molecular weight is 416 g/mol. The molecule has 1 unspecified atom stereocenters. The summed E-state index contributed by atoms with van der Waals surface area (Å²) >= 11 is 2.11. The minimum absolute atomic E-state index is 0.0122. The molecular weight excluding hydrogens is 391 g/mol. The molecule has 1 atom stereocenters. The Kier molecular flexibility index (Phi) is 8.45. The molecule has 0 aliphatic heterocycles. The Morgan fingerprint density at radius 1 is 1.14 bits per heavy atom. The van der Waals surface area contributed by atoms with Gasteiger partial charge in [0.05, 0.1) is 12.1 Å². The molecule has 1 aromatic rings. The summed E-state index contributed by atoms with van der Waals surface area (Å²) in [7, 11) is 0. The summed E-state index contributed by atoms with van der Waals surface area (Å²) in [5.41, 5.74) is 0.598. The molecule has 0 fully saturated rings. The molecule has 2 amide bonds. The van der Waals surface area contributed by atoms with Crippen molar-refractivity contribution in [3.05, 3.63) is 33.4 Å². The number of halogens is 1. The second-order valence-electron chi connectivity index (χ2n) is 5.96. The molecule has 0 saturated heterocycles. The topological polar surface area (TPSA) is 58.2 Å². The molecule has 0 aliphatic carbocycles. The Morgan fingerprint density at radius 3 is 2.45 bits per heavy atom. The summed E-state index contributed by atoms with van der Waals surface area (Å²) in [6, 6.07) is 7.45. The Bertz CT molecular complexity index is 503. The van der Waals surface area contributed by atoms with E-state index < -0.39 is 0 Å². The molecule has 0 bridgehead atoms. The number of hydrogen-bond donors (Lipinski definition) is 2.